The van der Waals surface area contributed by atoms with Crippen LogP contribution in [0.5, 0.6) is 0 Å². The van der Waals surface area contributed by atoms with Crippen molar-refractivity contribution in [2.75, 3.05) is 19.6 Å². The quantitative estimate of drug-likeness (QED) is 0.822. The summed E-state index contributed by atoms with van der Waals surface area (Å²) in [4.78, 5) is 2.63. The first kappa shape index (κ1) is 14.3. The average molecular weight is 254 g/mol. The average Bonchev–Trinajstić information content (AvgIpc) is 2.28. The fourth-order valence-corrected chi connectivity index (χ4v) is 3.61. The van der Waals surface area contributed by atoms with Crippen molar-refractivity contribution >= 4 is 0 Å². The predicted molar refractivity (Wildman–Crippen MR) is 75.6 cm³/mol. The van der Waals surface area contributed by atoms with Gasteiger partial charge in [-0.1, -0.05) is 13.8 Å². The van der Waals surface area contributed by atoms with Gasteiger partial charge < -0.3 is 10.5 Å². The van der Waals surface area contributed by atoms with Gasteiger partial charge in [-0.05, 0) is 44.9 Å². The van der Waals surface area contributed by atoms with Gasteiger partial charge in [0.15, 0.2) is 0 Å². The zero-order valence-corrected chi connectivity index (χ0v) is 12.5. The number of hydrogen-bond donors (Lipinski definition) is 1. The van der Waals surface area contributed by atoms with Crippen LogP contribution in [0.2, 0.25) is 0 Å². The number of nitrogens with zero attached hydrogens (tertiary/aromatic N) is 1. The Morgan fingerprint density at radius 3 is 2.00 bits per heavy atom. The lowest BCUT2D eigenvalue weighted by atomic mass is 9.68. The summed E-state index contributed by atoms with van der Waals surface area (Å²) in [5.41, 5.74) is 6.91. The molecule has 3 heteroatoms. The molecule has 3 nitrogen and oxygen atoms in total. The first-order chi connectivity index (χ1) is 8.37. The Balaban J connectivity index is 2.08. The number of nitrogens with two attached hydrogens (primary N) is 1. The van der Waals surface area contributed by atoms with Crippen molar-refractivity contribution in [3.05, 3.63) is 0 Å². The normalized spacial score (nSPS) is 36.5. The Kier molecular flexibility index (Phi) is 4.05. The Morgan fingerprint density at radius 1 is 1.06 bits per heavy atom. The van der Waals surface area contributed by atoms with E-state index in [9.17, 15) is 0 Å². The molecule has 2 atom stereocenters. The molecular formula is C15H30N2O. The summed E-state index contributed by atoms with van der Waals surface area (Å²) in [7, 11) is 0. The van der Waals surface area contributed by atoms with Crippen molar-refractivity contribution < 1.29 is 4.74 Å². The molecule has 1 saturated heterocycles. The van der Waals surface area contributed by atoms with Crippen LogP contribution in [0.1, 0.15) is 53.4 Å². The summed E-state index contributed by atoms with van der Waals surface area (Å²) < 4.78 is 5.86. The van der Waals surface area contributed by atoms with Gasteiger partial charge in [0.05, 0.1) is 12.2 Å². The summed E-state index contributed by atoms with van der Waals surface area (Å²) in [5.74, 6) is 0. The van der Waals surface area contributed by atoms with Gasteiger partial charge in [0.1, 0.15) is 0 Å². The van der Waals surface area contributed by atoms with Gasteiger partial charge in [0, 0.05) is 25.2 Å². The summed E-state index contributed by atoms with van der Waals surface area (Å²) >= 11 is 0. The third-order valence-electron chi connectivity index (χ3n) is 5.00. The molecule has 0 aromatic carbocycles. The van der Waals surface area contributed by atoms with Gasteiger partial charge in [-0.25, -0.2) is 0 Å². The minimum Gasteiger partial charge on any atom is -0.373 e. The van der Waals surface area contributed by atoms with Crippen LogP contribution < -0.4 is 5.73 Å². The van der Waals surface area contributed by atoms with Crippen LogP contribution >= 0.6 is 0 Å². The lowest BCUT2D eigenvalue weighted by Crippen LogP contribution is -2.62. The molecule has 0 amide bonds. The molecule has 2 rings (SSSR count). The molecule has 0 spiro atoms. The fourth-order valence-electron chi connectivity index (χ4n) is 3.61. The van der Waals surface area contributed by atoms with Crippen LogP contribution in [0.4, 0.5) is 0 Å². The van der Waals surface area contributed by atoms with E-state index in [1.54, 1.807) is 0 Å². The first-order valence-corrected chi connectivity index (χ1v) is 7.47. The molecule has 0 radical (unpaired) electrons. The van der Waals surface area contributed by atoms with Crippen molar-refractivity contribution in [2.24, 2.45) is 11.1 Å². The minimum absolute atomic E-state index is 0.238. The molecule has 2 fully saturated rings. The van der Waals surface area contributed by atoms with E-state index in [-0.39, 0.29) is 5.54 Å². The molecule has 1 saturated carbocycles. The first-order valence-electron chi connectivity index (χ1n) is 7.47. The van der Waals surface area contributed by atoms with Crippen molar-refractivity contribution in [1.82, 2.24) is 4.90 Å². The maximum absolute atomic E-state index is 6.17. The highest BCUT2D eigenvalue weighted by Gasteiger charge is 2.43. The van der Waals surface area contributed by atoms with E-state index in [1.807, 2.05) is 0 Å². The number of hydrogen-bond acceptors (Lipinski definition) is 3. The van der Waals surface area contributed by atoms with E-state index < -0.39 is 0 Å². The number of morpholine rings is 1. The summed E-state index contributed by atoms with van der Waals surface area (Å²) in [6.45, 7) is 12.0. The smallest absolute Gasteiger partial charge is 0.0678 e. The lowest BCUT2D eigenvalue weighted by molar-refractivity contribution is -0.113. The monoisotopic (exact) mass is 254 g/mol. The number of ether oxygens (including phenoxy) is 1. The summed E-state index contributed by atoms with van der Waals surface area (Å²) in [6, 6.07) is 0. The van der Waals surface area contributed by atoms with Gasteiger partial charge in [-0.2, -0.15) is 0 Å². The van der Waals surface area contributed by atoms with Crippen molar-refractivity contribution in [3.8, 4) is 0 Å². The molecule has 2 aliphatic rings. The van der Waals surface area contributed by atoms with Crippen LogP contribution in [0.25, 0.3) is 0 Å². The highest BCUT2D eigenvalue weighted by Crippen LogP contribution is 2.43. The third-order valence-corrected chi connectivity index (χ3v) is 5.00. The zero-order chi connectivity index (χ0) is 13.4. The molecule has 18 heavy (non-hydrogen) atoms. The Morgan fingerprint density at radius 2 is 1.56 bits per heavy atom. The molecular weight excluding hydrogens is 224 g/mol. The lowest BCUT2D eigenvalue weighted by Gasteiger charge is -2.52. The number of rotatable bonds is 2. The van der Waals surface area contributed by atoms with Gasteiger partial charge in [0.25, 0.3) is 0 Å². The topological polar surface area (TPSA) is 38.5 Å². The second kappa shape index (κ2) is 5.10. The SMILES string of the molecule is CC1CN(C2(CN)CCC(C)(C)CC2)CC(C)O1. The minimum atomic E-state index is 0.238. The van der Waals surface area contributed by atoms with E-state index >= 15 is 0 Å². The van der Waals surface area contributed by atoms with Gasteiger partial charge in [-0.3, -0.25) is 4.90 Å². The van der Waals surface area contributed by atoms with E-state index in [2.05, 4.69) is 32.6 Å². The van der Waals surface area contributed by atoms with Gasteiger partial charge in [-0.15, -0.1) is 0 Å². The Hall–Kier alpha value is -0.120. The molecule has 0 aromatic heterocycles. The van der Waals surface area contributed by atoms with Gasteiger partial charge >= 0.3 is 0 Å². The van der Waals surface area contributed by atoms with Crippen molar-refractivity contribution in [1.29, 1.82) is 0 Å². The van der Waals surface area contributed by atoms with E-state index in [0.29, 0.717) is 17.6 Å². The molecule has 1 aliphatic heterocycles. The molecule has 1 aliphatic carbocycles. The highest BCUT2D eigenvalue weighted by molar-refractivity contribution is 4.99. The maximum atomic E-state index is 6.17. The molecule has 106 valence electrons. The maximum Gasteiger partial charge on any atom is 0.0678 e. The largest absolute Gasteiger partial charge is 0.373 e. The van der Waals surface area contributed by atoms with Crippen LogP contribution in [-0.4, -0.2) is 42.3 Å². The molecule has 0 aromatic rings. The molecule has 0 bridgehead atoms. The van der Waals surface area contributed by atoms with Crippen LogP contribution in [0.15, 0.2) is 0 Å². The van der Waals surface area contributed by atoms with Crippen LogP contribution in [0.3, 0.4) is 0 Å². The molecule has 2 unspecified atom stereocenters. The highest BCUT2D eigenvalue weighted by atomic mass is 16.5. The van der Waals surface area contributed by atoms with E-state index in [4.69, 9.17) is 10.5 Å². The standard InChI is InChI=1S/C15H30N2O/c1-12-9-17(10-13(2)18-12)15(11-16)7-5-14(3,4)6-8-15/h12-13H,5-11,16H2,1-4H3. The summed E-state index contributed by atoms with van der Waals surface area (Å²) in [6.07, 6.45) is 5.76. The van der Waals surface area contributed by atoms with E-state index in [1.165, 1.54) is 25.7 Å². The molecule has 1 heterocycles. The second-order valence-electron chi connectivity index (χ2n) is 7.25. The van der Waals surface area contributed by atoms with Crippen LogP contribution in [0, 0.1) is 5.41 Å². The van der Waals surface area contributed by atoms with E-state index in [0.717, 1.165) is 19.6 Å². The summed E-state index contributed by atoms with van der Waals surface area (Å²) in [5, 5.41) is 0. The van der Waals surface area contributed by atoms with Crippen molar-refractivity contribution in [3.63, 3.8) is 0 Å². The van der Waals surface area contributed by atoms with Crippen molar-refractivity contribution in [2.45, 2.75) is 71.1 Å². The van der Waals surface area contributed by atoms with Gasteiger partial charge in [0.2, 0.25) is 0 Å². The zero-order valence-electron chi connectivity index (χ0n) is 12.5. The molecule has 2 N–H and O–H groups in total. The fraction of sp³-hybridized carbons (Fsp3) is 1.00. The Labute approximate surface area is 112 Å². The Bertz CT molecular complexity index is 270. The van der Waals surface area contributed by atoms with Crippen LogP contribution in [-0.2, 0) is 4.74 Å². The predicted octanol–water partition coefficient (Wildman–Crippen LogP) is 2.39. The second-order valence-corrected chi connectivity index (χ2v) is 7.25. The third kappa shape index (κ3) is 2.89.